The maximum absolute atomic E-state index is 12.4. The molecule has 17 heteroatoms. The molecule has 0 aromatic heterocycles. The highest BCUT2D eigenvalue weighted by Crippen LogP contribution is 2.40. The first-order chi connectivity index (χ1) is 23.3. The summed E-state index contributed by atoms with van der Waals surface area (Å²) < 4.78 is 93.7. The highest BCUT2D eigenvalue weighted by Gasteiger charge is 2.19. The molecule has 0 unspecified atom stereocenters. The van der Waals surface area contributed by atoms with Gasteiger partial charge in [-0.05, 0) is 66.7 Å². The lowest BCUT2D eigenvalue weighted by molar-refractivity contribution is 0.481. The maximum atomic E-state index is 12.4. The average molecular weight is 718 g/mol. The lowest BCUT2D eigenvalue weighted by atomic mass is 10.1. The van der Waals surface area contributed by atoms with Crippen LogP contribution >= 0.6 is 0 Å². The van der Waals surface area contributed by atoms with Crippen LogP contribution in [0.4, 0.5) is 34.1 Å². The number of anilines is 2. The Kier molecular flexibility index (Phi) is 10.3. The van der Waals surface area contributed by atoms with Crippen LogP contribution in [0, 0.1) is 0 Å². The molecule has 0 amide bonds. The lowest BCUT2D eigenvalue weighted by Gasteiger charge is -2.14. The third-order valence-electron chi connectivity index (χ3n) is 6.84. The van der Waals surface area contributed by atoms with E-state index in [1.54, 1.807) is 42.5 Å². The van der Waals surface area contributed by atoms with Crippen LogP contribution in [0.5, 0.6) is 0 Å². The van der Waals surface area contributed by atoms with Gasteiger partial charge in [-0.2, -0.15) is 21.9 Å². The van der Waals surface area contributed by atoms with Crippen molar-refractivity contribution in [3.8, 4) is 0 Å². The Labute approximate surface area is 281 Å². The fourth-order valence-electron chi connectivity index (χ4n) is 4.79. The van der Waals surface area contributed by atoms with Crippen molar-refractivity contribution in [1.29, 1.82) is 0 Å². The zero-order chi connectivity index (χ0) is 35.2. The Bertz CT molecular complexity index is 2580. The smallest absolute Gasteiger partial charge is 0.355 e. The molecule has 0 saturated carbocycles. The quantitative estimate of drug-likeness (QED) is 0.101. The second-order valence-electron chi connectivity index (χ2n) is 10.0. The number of azo groups is 2. The van der Waals surface area contributed by atoms with Crippen LogP contribution in [-0.4, -0.2) is 38.6 Å². The van der Waals surface area contributed by atoms with E-state index in [2.05, 4.69) is 25.8 Å². The molecule has 14 nitrogen and oxygen atoms in total. The number of fused-ring (bicyclic) bond motifs is 2. The minimum absolute atomic E-state index is 0.204. The first-order valence-electron chi connectivity index (χ1n) is 13.9. The number of nitrogens with one attached hydrogen (secondary N) is 1. The van der Waals surface area contributed by atoms with Crippen molar-refractivity contribution in [2.24, 2.45) is 20.5 Å². The third-order valence-corrected chi connectivity index (χ3v) is 8.59. The second-order valence-corrected chi connectivity index (χ2v) is 13.2. The summed E-state index contributed by atoms with van der Waals surface area (Å²) >= 11 is 0. The summed E-state index contributed by atoms with van der Waals surface area (Å²) in [5.41, 5.74) is 2.68. The molecule has 0 saturated heterocycles. The average Bonchev–Trinajstić information content (AvgIpc) is 3.06. The number of para-hydroxylation sites is 1. The molecule has 0 aliphatic heterocycles. The SMILES string of the molecule is O=S(=O)(O)c1ccc2c(N=Nc3ccccc3)ccc(N=Nc3ccc(Nc4ccccc4)c4c(S(=O)(=O)O)cccc34)c2c1.O=S(=O)=O. The number of nitrogens with zero attached hydrogens (tertiary/aromatic N) is 4. The number of hydrogen-bond donors (Lipinski definition) is 3. The Morgan fingerprint density at radius 3 is 1.69 bits per heavy atom. The van der Waals surface area contributed by atoms with Crippen molar-refractivity contribution in [2.45, 2.75) is 9.79 Å². The summed E-state index contributed by atoms with van der Waals surface area (Å²) in [7, 11) is -12.3. The van der Waals surface area contributed by atoms with E-state index in [4.69, 9.17) is 12.6 Å². The Morgan fingerprint density at radius 2 is 1.08 bits per heavy atom. The first kappa shape index (κ1) is 34.6. The Balaban J connectivity index is 0.00000111. The van der Waals surface area contributed by atoms with E-state index in [1.165, 1.54) is 30.3 Å². The third kappa shape index (κ3) is 8.61. The Hall–Kier alpha value is -5.72. The van der Waals surface area contributed by atoms with Crippen molar-refractivity contribution in [3.63, 3.8) is 0 Å². The molecule has 248 valence electrons. The van der Waals surface area contributed by atoms with Gasteiger partial charge >= 0.3 is 10.6 Å². The van der Waals surface area contributed by atoms with Gasteiger partial charge < -0.3 is 5.32 Å². The van der Waals surface area contributed by atoms with E-state index in [0.29, 0.717) is 38.9 Å². The van der Waals surface area contributed by atoms with E-state index >= 15 is 0 Å². The van der Waals surface area contributed by atoms with Crippen molar-refractivity contribution in [3.05, 3.63) is 121 Å². The molecular weight excluding hydrogens is 695 g/mol. The molecule has 0 spiro atoms. The van der Waals surface area contributed by atoms with Crippen LogP contribution in [0.15, 0.2) is 152 Å². The first-order valence-corrected chi connectivity index (χ1v) is 17.7. The molecule has 0 fully saturated rings. The van der Waals surface area contributed by atoms with Crippen LogP contribution in [-0.2, 0) is 30.8 Å². The van der Waals surface area contributed by atoms with Gasteiger partial charge in [0.05, 0.1) is 27.6 Å². The molecule has 6 rings (SSSR count). The van der Waals surface area contributed by atoms with E-state index in [9.17, 15) is 25.9 Å². The van der Waals surface area contributed by atoms with Gasteiger partial charge in [0.15, 0.2) is 0 Å². The molecule has 49 heavy (non-hydrogen) atoms. The van der Waals surface area contributed by atoms with Crippen molar-refractivity contribution in [1.82, 2.24) is 0 Å². The molecule has 3 N–H and O–H groups in total. The predicted octanol–water partition coefficient (Wildman–Crippen LogP) is 8.06. The van der Waals surface area contributed by atoms with Gasteiger partial charge in [-0.15, -0.1) is 28.0 Å². The summed E-state index contributed by atoms with van der Waals surface area (Å²) in [6.07, 6.45) is 0. The zero-order valence-corrected chi connectivity index (χ0v) is 27.3. The minimum Gasteiger partial charge on any atom is -0.355 e. The van der Waals surface area contributed by atoms with Gasteiger partial charge in [-0.25, -0.2) is 0 Å². The molecular formula is C32H23N5O9S3. The van der Waals surface area contributed by atoms with Gasteiger partial charge in [-0.1, -0.05) is 54.6 Å². The molecule has 0 aliphatic carbocycles. The molecule has 0 heterocycles. The van der Waals surface area contributed by atoms with Gasteiger partial charge in [0.2, 0.25) is 0 Å². The number of hydrogen-bond acceptors (Lipinski definition) is 12. The molecule has 0 atom stereocenters. The van der Waals surface area contributed by atoms with Crippen LogP contribution in [0.2, 0.25) is 0 Å². The van der Waals surface area contributed by atoms with Crippen molar-refractivity contribution in [2.75, 3.05) is 5.32 Å². The van der Waals surface area contributed by atoms with E-state index in [1.807, 2.05) is 48.5 Å². The predicted molar refractivity (Wildman–Crippen MR) is 182 cm³/mol. The zero-order valence-electron chi connectivity index (χ0n) is 24.8. The highest BCUT2D eigenvalue weighted by atomic mass is 32.2. The maximum Gasteiger partial charge on any atom is 0.425 e. The van der Waals surface area contributed by atoms with Crippen LogP contribution in [0.25, 0.3) is 21.5 Å². The number of benzene rings is 6. The summed E-state index contributed by atoms with van der Waals surface area (Å²) in [6, 6.07) is 33.1. The fraction of sp³-hybridized carbons (Fsp3) is 0. The van der Waals surface area contributed by atoms with Crippen molar-refractivity contribution < 1.29 is 38.6 Å². The summed E-state index contributed by atoms with van der Waals surface area (Å²) in [6.45, 7) is 0. The summed E-state index contributed by atoms with van der Waals surface area (Å²) in [5.74, 6) is 0. The van der Waals surface area contributed by atoms with Crippen LogP contribution in [0.1, 0.15) is 0 Å². The summed E-state index contributed by atoms with van der Waals surface area (Å²) in [5, 5.41) is 22.0. The Morgan fingerprint density at radius 1 is 0.531 bits per heavy atom. The summed E-state index contributed by atoms with van der Waals surface area (Å²) in [4.78, 5) is -0.657. The fourth-order valence-corrected chi connectivity index (χ4v) is 6.02. The van der Waals surface area contributed by atoms with Gasteiger partial charge in [0.25, 0.3) is 20.2 Å². The van der Waals surface area contributed by atoms with E-state index in [0.717, 1.165) is 0 Å². The lowest BCUT2D eigenvalue weighted by Crippen LogP contribution is -2.01. The molecule has 0 aliphatic rings. The van der Waals surface area contributed by atoms with E-state index in [-0.39, 0.29) is 26.6 Å². The number of rotatable bonds is 8. The van der Waals surface area contributed by atoms with Gasteiger partial charge in [0.1, 0.15) is 4.90 Å². The monoisotopic (exact) mass is 717 g/mol. The standard InChI is InChI=1S/C32H23N5O6S2.O3S/c38-44(39,40)23-14-15-24-26(20-23)29(17-16-27(24)35-34-22-10-5-2-6-11-22)37-36-28-18-19-30(33-21-8-3-1-4-9-21)32-25(28)12-7-13-31(32)45(41,42)43;1-4(2)3/h1-20,33H,(H,38,39,40)(H,41,42,43);. The normalized spacial score (nSPS) is 11.9. The van der Waals surface area contributed by atoms with Crippen LogP contribution in [0.3, 0.4) is 0 Å². The van der Waals surface area contributed by atoms with Gasteiger partial charge in [-0.3, -0.25) is 9.11 Å². The molecule has 6 aromatic rings. The molecule has 0 radical (unpaired) electrons. The minimum atomic E-state index is -4.62. The van der Waals surface area contributed by atoms with Crippen LogP contribution < -0.4 is 5.32 Å². The second kappa shape index (κ2) is 14.6. The molecule has 6 aromatic carbocycles. The van der Waals surface area contributed by atoms with E-state index < -0.39 is 30.8 Å². The largest absolute Gasteiger partial charge is 0.425 e. The van der Waals surface area contributed by atoms with Gasteiger partial charge in [0, 0.05) is 32.9 Å². The highest BCUT2D eigenvalue weighted by molar-refractivity contribution is 7.86. The topological polar surface area (TPSA) is 221 Å². The van der Waals surface area contributed by atoms with Crippen molar-refractivity contribution >= 4 is 86.5 Å². The molecule has 0 bridgehead atoms.